The highest BCUT2D eigenvalue weighted by Gasteiger charge is 2.38. The Morgan fingerprint density at radius 1 is 1.09 bits per heavy atom. The summed E-state index contributed by atoms with van der Waals surface area (Å²) in [6, 6.07) is 7.76. The minimum atomic E-state index is -4.56. The summed E-state index contributed by atoms with van der Waals surface area (Å²) in [6.07, 6.45) is -3.27. The Morgan fingerprint density at radius 2 is 1.81 bits per heavy atom. The van der Waals surface area contributed by atoms with Crippen LogP contribution in [-0.2, 0) is 20.5 Å². The molecule has 2 fully saturated rings. The lowest BCUT2D eigenvalue weighted by atomic mass is 10.1. The molecule has 0 radical (unpaired) electrons. The lowest BCUT2D eigenvalue weighted by Crippen LogP contribution is -2.46. The van der Waals surface area contributed by atoms with Crippen LogP contribution in [0.3, 0.4) is 0 Å². The zero-order chi connectivity index (χ0) is 22.9. The Balaban J connectivity index is 1.51. The third kappa shape index (κ3) is 4.58. The first-order valence-electron chi connectivity index (χ1n) is 9.61. The summed E-state index contributed by atoms with van der Waals surface area (Å²) >= 11 is 0.641. The van der Waals surface area contributed by atoms with Crippen LogP contribution < -0.4 is 0 Å². The summed E-state index contributed by atoms with van der Waals surface area (Å²) in [5, 5.41) is -0.600. The van der Waals surface area contributed by atoms with Gasteiger partial charge in [-0.05, 0) is 30.0 Å². The van der Waals surface area contributed by atoms with Gasteiger partial charge in [0.05, 0.1) is 23.7 Å². The highest BCUT2D eigenvalue weighted by molar-refractivity contribution is 8.18. The number of benzene rings is 1. The number of furan rings is 1. The third-order valence-electron chi connectivity index (χ3n) is 4.93. The SMILES string of the molecule is O=C(CN1C(=O)S/C(=C/c2ccc(-c3ccccc3C(F)(F)F)o2)C1=O)N1CCOCC1. The number of hydrogen-bond acceptors (Lipinski definition) is 6. The van der Waals surface area contributed by atoms with Crippen molar-refractivity contribution in [1.82, 2.24) is 9.80 Å². The second kappa shape index (κ2) is 8.83. The maximum atomic E-state index is 13.3. The molecule has 0 aliphatic carbocycles. The van der Waals surface area contributed by atoms with Gasteiger partial charge in [0.2, 0.25) is 5.91 Å². The number of halogens is 3. The zero-order valence-electron chi connectivity index (χ0n) is 16.6. The van der Waals surface area contributed by atoms with Gasteiger partial charge in [-0.15, -0.1) is 0 Å². The van der Waals surface area contributed by atoms with Gasteiger partial charge in [0.1, 0.15) is 18.1 Å². The van der Waals surface area contributed by atoms with Gasteiger partial charge >= 0.3 is 6.18 Å². The van der Waals surface area contributed by atoms with E-state index >= 15 is 0 Å². The molecule has 1 aromatic carbocycles. The first kappa shape index (κ1) is 22.2. The molecule has 7 nitrogen and oxygen atoms in total. The van der Waals surface area contributed by atoms with E-state index in [2.05, 4.69) is 0 Å². The third-order valence-corrected chi connectivity index (χ3v) is 5.84. The summed E-state index contributed by atoms with van der Waals surface area (Å²) in [7, 11) is 0. The van der Waals surface area contributed by atoms with Crippen LogP contribution in [0.5, 0.6) is 0 Å². The van der Waals surface area contributed by atoms with Gasteiger partial charge < -0.3 is 14.1 Å². The van der Waals surface area contributed by atoms with Crippen LogP contribution in [0.25, 0.3) is 17.4 Å². The van der Waals surface area contributed by atoms with Crippen molar-refractivity contribution in [3.8, 4) is 11.3 Å². The standard InChI is InChI=1S/C21H17F3N2O5S/c22-21(23,24)15-4-2-1-3-14(15)16-6-5-13(31-16)11-17-19(28)26(20(29)32-17)12-18(27)25-7-9-30-10-8-25/h1-6,11H,7-10,12H2/b17-11+. The fourth-order valence-electron chi connectivity index (χ4n) is 3.33. The minimum Gasteiger partial charge on any atom is -0.457 e. The molecular formula is C21H17F3N2O5S. The average Bonchev–Trinajstić information content (AvgIpc) is 3.34. The van der Waals surface area contributed by atoms with Crippen molar-refractivity contribution in [2.75, 3.05) is 32.8 Å². The highest BCUT2D eigenvalue weighted by atomic mass is 32.2. The van der Waals surface area contributed by atoms with E-state index < -0.39 is 22.9 Å². The van der Waals surface area contributed by atoms with Gasteiger partial charge in [0.25, 0.3) is 11.1 Å². The molecule has 2 saturated heterocycles. The van der Waals surface area contributed by atoms with Crippen molar-refractivity contribution in [2.24, 2.45) is 0 Å². The van der Waals surface area contributed by atoms with E-state index in [4.69, 9.17) is 9.15 Å². The topological polar surface area (TPSA) is 80.1 Å². The zero-order valence-corrected chi connectivity index (χ0v) is 17.4. The fourth-order valence-corrected chi connectivity index (χ4v) is 4.15. The predicted octanol–water partition coefficient (Wildman–Crippen LogP) is 3.86. The van der Waals surface area contributed by atoms with Gasteiger partial charge in [-0.3, -0.25) is 19.3 Å². The van der Waals surface area contributed by atoms with Crippen molar-refractivity contribution in [3.05, 3.63) is 52.6 Å². The number of carbonyl (C=O) groups excluding carboxylic acids is 3. The van der Waals surface area contributed by atoms with E-state index in [-0.39, 0.29) is 34.4 Å². The van der Waals surface area contributed by atoms with Gasteiger partial charge in [-0.25, -0.2) is 0 Å². The summed E-state index contributed by atoms with van der Waals surface area (Å²) in [6.45, 7) is 1.18. The summed E-state index contributed by atoms with van der Waals surface area (Å²) < 4.78 is 50.5. The molecular weight excluding hydrogens is 449 g/mol. The number of nitrogens with zero attached hydrogens (tertiary/aromatic N) is 2. The van der Waals surface area contributed by atoms with Gasteiger partial charge in [0, 0.05) is 24.7 Å². The monoisotopic (exact) mass is 466 g/mol. The molecule has 3 heterocycles. The number of imide groups is 1. The largest absolute Gasteiger partial charge is 0.457 e. The maximum absolute atomic E-state index is 13.3. The molecule has 0 spiro atoms. The molecule has 2 aliphatic heterocycles. The smallest absolute Gasteiger partial charge is 0.417 e. The van der Waals surface area contributed by atoms with Crippen LogP contribution in [-0.4, -0.2) is 59.7 Å². The number of morpholine rings is 1. The molecule has 11 heteroatoms. The van der Waals surface area contributed by atoms with E-state index in [0.29, 0.717) is 38.1 Å². The normalized spacial score (nSPS) is 18.7. The number of ether oxygens (including phenoxy) is 1. The molecule has 0 atom stereocenters. The predicted molar refractivity (Wildman–Crippen MR) is 109 cm³/mol. The molecule has 4 rings (SSSR count). The first-order valence-corrected chi connectivity index (χ1v) is 10.4. The van der Waals surface area contributed by atoms with Gasteiger partial charge in [-0.1, -0.05) is 18.2 Å². The van der Waals surface area contributed by atoms with Crippen molar-refractivity contribution < 1.29 is 36.7 Å². The molecule has 0 unspecified atom stereocenters. The Labute approximate surface area is 184 Å². The molecule has 0 bridgehead atoms. The van der Waals surface area contributed by atoms with Gasteiger partial charge in [0.15, 0.2) is 0 Å². The maximum Gasteiger partial charge on any atom is 0.417 e. The van der Waals surface area contributed by atoms with Crippen LogP contribution >= 0.6 is 11.8 Å². The van der Waals surface area contributed by atoms with Crippen LogP contribution in [0.4, 0.5) is 18.0 Å². The summed E-state index contributed by atoms with van der Waals surface area (Å²) in [4.78, 5) is 39.6. The Morgan fingerprint density at radius 3 is 2.53 bits per heavy atom. The number of rotatable bonds is 4. The van der Waals surface area contributed by atoms with Crippen LogP contribution in [0.1, 0.15) is 11.3 Å². The molecule has 2 aromatic rings. The lowest BCUT2D eigenvalue weighted by molar-refractivity contribution is -0.139. The molecule has 32 heavy (non-hydrogen) atoms. The van der Waals surface area contributed by atoms with E-state index in [1.165, 1.54) is 41.3 Å². The van der Waals surface area contributed by atoms with E-state index in [9.17, 15) is 27.6 Å². The quantitative estimate of drug-likeness (QED) is 0.637. The van der Waals surface area contributed by atoms with Crippen molar-refractivity contribution >= 4 is 34.9 Å². The highest BCUT2D eigenvalue weighted by Crippen LogP contribution is 2.38. The molecule has 1 aromatic heterocycles. The molecule has 0 N–H and O–H groups in total. The second-order valence-electron chi connectivity index (χ2n) is 7.01. The number of carbonyl (C=O) groups is 3. The molecule has 0 saturated carbocycles. The average molecular weight is 466 g/mol. The van der Waals surface area contributed by atoms with E-state index in [1.807, 2.05) is 0 Å². The Bertz CT molecular complexity index is 1090. The first-order chi connectivity index (χ1) is 15.2. The van der Waals surface area contributed by atoms with Crippen LogP contribution in [0.2, 0.25) is 0 Å². The van der Waals surface area contributed by atoms with E-state index in [1.54, 1.807) is 0 Å². The summed E-state index contributed by atoms with van der Waals surface area (Å²) in [5.74, 6) is -0.927. The second-order valence-corrected chi connectivity index (χ2v) is 8.00. The number of thioether (sulfide) groups is 1. The van der Waals surface area contributed by atoms with Crippen molar-refractivity contribution in [1.29, 1.82) is 0 Å². The summed E-state index contributed by atoms with van der Waals surface area (Å²) in [5.41, 5.74) is -0.980. The lowest BCUT2D eigenvalue weighted by Gasteiger charge is -2.27. The molecule has 168 valence electrons. The van der Waals surface area contributed by atoms with Crippen LogP contribution in [0.15, 0.2) is 45.7 Å². The minimum absolute atomic E-state index is 0.0223. The Kier molecular flexibility index (Phi) is 6.11. The van der Waals surface area contributed by atoms with E-state index in [0.717, 1.165) is 11.0 Å². The van der Waals surface area contributed by atoms with Gasteiger partial charge in [-0.2, -0.15) is 13.2 Å². The van der Waals surface area contributed by atoms with Crippen LogP contribution in [0, 0.1) is 0 Å². The molecule has 2 aliphatic rings. The number of alkyl halides is 3. The van der Waals surface area contributed by atoms with Crippen molar-refractivity contribution in [3.63, 3.8) is 0 Å². The fraction of sp³-hybridized carbons (Fsp3) is 0.286. The molecule has 3 amide bonds. The van der Waals surface area contributed by atoms with Crippen molar-refractivity contribution in [2.45, 2.75) is 6.18 Å². The number of hydrogen-bond donors (Lipinski definition) is 0. The number of amides is 3. The Hall–Kier alpha value is -3.05.